The normalized spacial score (nSPS) is 18.8. The van der Waals surface area contributed by atoms with E-state index in [4.69, 9.17) is 21.1 Å². The van der Waals surface area contributed by atoms with Gasteiger partial charge in [-0.05, 0) is 11.6 Å². The second-order valence-corrected chi connectivity index (χ2v) is 5.28. The van der Waals surface area contributed by atoms with E-state index in [2.05, 4.69) is 5.32 Å². The fraction of sp³-hybridized carbons (Fsp3) is 0.533. The third kappa shape index (κ3) is 4.41. The highest BCUT2D eigenvalue weighted by Crippen LogP contribution is 2.28. The first kappa shape index (κ1) is 16.2. The van der Waals surface area contributed by atoms with Gasteiger partial charge in [-0.1, -0.05) is 29.8 Å². The zero-order valence-corrected chi connectivity index (χ0v) is 12.9. The summed E-state index contributed by atoms with van der Waals surface area (Å²) in [6.07, 6.45) is 0. The van der Waals surface area contributed by atoms with E-state index < -0.39 is 0 Å². The summed E-state index contributed by atoms with van der Waals surface area (Å²) >= 11 is 6.26. The number of ether oxygens (including phenoxy) is 2. The number of carbonyl (C=O) groups is 1. The second-order valence-electron chi connectivity index (χ2n) is 4.87. The average molecular weight is 313 g/mol. The molecule has 1 unspecified atom stereocenters. The van der Waals surface area contributed by atoms with Crippen molar-refractivity contribution in [2.45, 2.75) is 6.04 Å². The maximum absolute atomic E-state index is 12.3. The van der Waals surface area contributed by atoms with E-state index in [1.807, 2.05) is 29.2 Å². The maximum atomic E-state index is 12.3. The molecule has 6 heteroatoms. The summed E-state index contributed by atoms with van der Waals surface area (Å²) in [5.74, 6) is -0.0162. The molecular formula is C15H21ClN2O3. The highest BCUT2D eigenvalue weighted by molar-refractivity contribution is 6.31. The van der Waals surface area contributed by atoms with Crippen molar-refractivity contribution >= 4 is 17.5 Å². The minimum atomic E-state index is -0.0500. The lowest BCUT2D eigenvalue weighted by molar-refractivity contribution is -0.140. The van der Waals surface area contributed by atoms with Crippen molar-refractivity contribution in [3.8, 4) is 0 Å². The van der Waals surface area contributed by atoms with Crippen LogP contribution in [0.2, 0.25) is 5.02 Å². The van der Waals surface area contributed by atoms with Gasteiger partial charge in [0.15, 0.2) is 0 Å². The summed E-state index contributed by atoms with van der Waals surface area (Å²) in [6, 6.07) is 7.59. The summed E-state index contributed by atoms with van der Waals surface area (Å²) in [6.45, 7) is 3.12. The fourth-order valence-corrected chi connectivity index (χ4v) is 2.67. The Balaban J connectivity index is 2.02. The SMILES string of the molecule is COCCOCC(=O)N1CCNCC1c1ccccc1Cl. The standard InChI is InChI=1S/C15H21ClN2O3/c1-20-8-9-21-11-15(19)18-7-6-17-10-14(18)12-4-2-3-5-13(12)16/h2-5,14,17H,6-11H2,1H3. The van der Waals surface area contributed by atoms with E-state index >= 15 is 0 Å². The lowest BCUT2D eigenvalue weighted by Gasteiger charge is -2.37. The van der Waals surface area contributed by atoms with Crippen LogP contribution in [0.3, 0.4) is 0 Å². The molecule has 0 bridgehead atoms. The van der Waals surface area contributed by atoms with Crippen LogP contribution in [-0.4, -0.2) is 57.4 Å². The Morgan fingerprint density at radius 3 is 3.00 bits per heavy atom. The molecule has 0 aromatic heterocycles. The molecule has 1 aliphatic rings. The molecule has 0 spiro atoms. The molecular weight excluding hydrogens is 292 g/mol. The van der Waals surface area contributed by atoms with E-state index in [1.165, 1.54) is 0 Å². The smallest absolute Gasteiger partial charge is 0.249 e. The first-order valence-corrected chi connectivity index (χ1v) is 7.43. The van der Waals surface area contributed by atoms with Crippen LogP contribution in [0.1, 0.15) is 11.6 Å². The minimum Gasteiger partial charge on any atom is -0.382 e. The van der Waals surface area contributed by atoms with Crippen molar-refractivity contribution in [2.75, 3.05) is 46.6 Å². The summed E-state index contributed by atoms with van der Waals surface area (Å²) in [5.41, 5.74) is 0.969. The van der Waals surface area contributed by atoms with Gasteiger partial charge < -0.3 is 19.7 Å². The number of rotatable bonds is 6. The van der Waals surface area contributed by atoms with Crippen LogP contribution in [0.4, 0.5) is 0 Å². The van der Waals surface area contributed by atoms with E-state index in [-0.39, 0.29) is 18.6 Å². The molecule has 0 radical (unpaired) electrons. The number of amides is 1. The van der Waals surface area contributed by atoms with Gasteiger partial charge in [0.1, 0.15) is 6.61 Å². The largest absolute Gasteiger partial charge is 0.382 e. The molecule has 1 atom stereocenters. The zero-order valence-electron chi connectivity index (χ0n) is 12.2. The lowest BCUT2D eigenvalue weighted by atomic mass is 10.0. The molecule has 1 heterocycles. The number of nitrogens with zero attached hydrogens (tertiary/aromatic N) is 1. The predicted molar refractivity (Wildman–Crippen MR) is 81.5 cm³/mol. The Bertz CT molecular complexity index is 470. The number of nitrogens with one attached hydrogen (secondary N) is 1. The number of piperazine rings is 1. The summed E-state index contributed by atoms with van der Waals surface area (Å²) in [7, 11) is 1.61. The second kappa shape index (κ2) is 8.34. The average Bonchev–Trinajstić information content (AvgIpc) is 2.52. The van der Waals surface area contributed by atoms with E-state index in [0.29, 0.717) is 31.3 Å². The van der Waals surface area contributed by atoms with Gasteiger partial charge in [-0.25, -0.2) is 0 Å². The van der Waals surface area contributed by atoms with Crippen molar-refractivity contribution in [2.24, 2.45) is 0 Å². The predicted octanol–water partition coefficient (Wildman–Crippen LogP) is 1.48. The molecule has 0 saturated carbocycles. The van der Waals surface area contributed by atoms with Gasteiger partial charge in [0, 0.05) is 31.8 Å². The van der Waals surface area contributed by atoms with Gasteiger partial charge in [-0.3, -0.25) is 4.79 Å². The van der Waals surface area contributed by atoms with Crippen molar-refractivity contribution in [3.05, 3.63) is 34.9 Å². The van der Waals surface area contributed by atoms with Gasteiger partial charge in [0.05, 0.1) is 19.3 Å². The summed E-state index contributed by atoms with van der Waals surface area (Å²) in [4.78, 5) is 14.2. The number of hydrogen-bond acceptors (Lipinski definition) is 4. The van der Waals surface area contributed by atoms with E-state index in [1.54, 1.807) is 7.11 Å². The topological polar surface area (TPSA) is 50.8 Å². The Morgan fingerprint density at radius 1 is 1.43 bits per heavy atom. The Labute approximate surface area is 130 Å². The van der Waals surface area contributed by atoms with Crippen molar-refractivity contribution in [1.82, 2.24) is 10.2 Å². The lowest BCUT2D eigenvalue weighted by Crippen LogP contribution is -2.49. The van der Waals surface area contributed by atoms with Crippen LogP contribution in [0.25, 0.3) is 0 Å². The molecule has 1 aromatic carbocycles. The van der Waals surface area contributed by atoms with Crippen molar-refractivity contribution in [1.29, 1.82) is 0 Å². The number of methoxy groups -OCH3 is 1. The summed E-state index contributed by atoms with van der Waals surface area (Å²) < 4.78 is 10.2. The molecule has 1 amide bonds. The third-order valence-electron chi connectivity index (χ3n) is 3.49. The fourth-order valence-electron chi connectivity index (χ4n) is 2.41. The highest BCUT2D eigenvalue weighted by Gasteiger charge is 2.28. The molecule has 1 saturated heterocycles. The molecule has 1 aliphatic heterocycles. The van der Waals surface area contributed by atoms with Crippen LogP contribution in [0, 0.1) is 0 Å². The molecule has 0 aliphatic carbocycles. The van der Waals surface area contributed by atoms with Gasteiger partial charge in [0.2, 0.25) is 5.91 Å². The molecule has 1 fully saturated rings. The molecule has 1 N–H and O–H groups in total. The number of carbonyl (C=O) groups excluding carboxylic acids is 1. The molecule has 2 rings (SSSR count). The minimum absolute atomic E-state index is 0.0162. The van der Waals surface area contributed by atoms with Gasteiger partial charge in [-0.15, -0.1) is 0 Å². The summed E-state index contributed by atoms with van der Waals surface area (Å²) in [5, 5.41) is 3.99. The van der Waals surface area contributed by atoms with Crippen LogP contribution < -0.4 is 5.32 Å². The van der Waals surface area contributed by atoms with Gasteiger partial charge in [0.25, 0.3) is 0 Å². The van der Waals surface area contributed by atoms with Crippen LogP contribution in [0.5, 0.6) is 0 Å². The van der Waals surface area contributed by atoms with Gasteiger partial charge in [-0.2, -0.15) is 0 Å². The van der Waals surface area contributed by atoms with Crippen molar-refractivity contribution < 1.29 is 14.3 Å². The monoisotopic (exact) mass is 312 g/mol. The van der Waals surface area contributed by atoms with E-state index in [9.17, 15) is 4.79 Å². The number of hydrogen-bond donors (Lipinski definition) is 1. The molecule has 116 valence electrons. The van der Waals surface area contributed by atoms with E-state index in [0.717, 1.165) is 12.1 Å². The first-order chi connectivity index (χ1) is 10.2. The molecule has 5 nitrogen and oxygen atoms in total. The first-order valence-electron chi connectivity index (χ1n) is 7.05. The van der Waals surface area contributed by atoms with Gasteiger partial charge >= 0.3 is 0 Å². The number of benzene rings is 1. The number of halogens is 1. The Hall–Kier alpha value is -1.14. The zero-order chi connectivity index (χ0) is 15.1. The van der Waals surface area contributed by atoms with Crippen molar-refractivity contribution in [3.63, 3.8) is 0 Å². The third-order valence-corrected chi connectivity index (χ3v) is 3.83. The Morgan fingerprint density at radius 2 is 2.24 bits per heavy atom. The highest BCUT2D eigenvalue weighted by atomic mass is 35.5. The van der Waals surface area contributed by atoms with Crippen LogP contribution >= 0.6 is 11.6 Å². The molecule has 1 aromatic rings. The quantitative estimate of drug-likeness (QED) is 0.808. The van der Waals surface area contributed by atoms with Crippen LogP contribution in [0.15, 0.2) is 24.3 Å². The Kier molecular flexibility index (Phi) is 6.45. The van der Waals surface area contributed by atoms with Crippen LogP contribution in [-0.2, 0) is 14.3 Å². The maximum Gasteiger partial charge on any atom is 0.249 e. The molecule has 21 heavy (non-hydrogen) atoms.